The number of aryl methyl sites for hydroxylation is 2. The predicted octanol–water partition coefficient (Wildman–Crippen LogP) is 5.66. The fourth-order valence-corrected chi connectivity index (χ4v) is 4.26. The molecular formula is C24H26ClN3O. The van der Waals surface area contributed by atoms with Crippen LogP contribution in [-0.4, -0.2) is 23.0 Å². The molecule has 1 aliphatic rings. The molecule has 1 amide bonds. The summed E-state index contributed by atoms with van der Waals surface area (Å²) in [5, 5.41) is 8.68. The Morgan fingerprint density at radius 2 is 1.76 bits per heavy atom. The third kappa shape index (κ3) is 4.54. The predicted molar refractivity (Wildman–Crippen MR) is 120 cm³/mol. The molecule has 2 aromatic carbocycles. The number of nitrogens with one attached hydrogen (secondary N) is 2. The summed E-state index contributed by atoms with van der Waals surface area (Å²) < 4.78 is 0. The third-order valence-electron chi connectivity index (χ3n) is 5.76. The van der Waals surface area contributed by atoms with Crippen molar-refractivity contribution in [1.82, 2.24) is 10.3 Å². The van der Waals surface area contributed by atoms with Gasteiger partial charge in [-0.2, -0.15) is 0 Å². The third-order valence-corrected chi connectivity index (χ3v) is 6.00. The van der Waals surface area contributed by atoms with E-state index in [4.69, 9.17) is 11.6 Å². The van der Waals surface area contributed by atoms with Crippen molar-refractivity contribution in [2.24, 2.45) is 0 Å². The molecule has 0 bridgehead atoms. The molecule has 0 spiro atoms. The number of pyridine rings is 1. The maximum absolute atomic E-state index is 12.7. The zero-order valence-electron chi connectivity index (χ0n) is 16.8. The van der Waals surface area contributed by atoms with E-state index in [1.807, 2.05) is 62.5 Å². The van der Waals surface area contributed by atoms with Crippen molar-refractivity contribution in [3.8, 4) is 0 Å². The number of amides is 1. The maximum atomic E-state index is 12.7. The Labute approximate surface area is 176 Å². The summed E-state index contributed by atoms with van der Waals surface area (Å²) in [7, 11) is 0. The first kappa shape index (κ1) is 19.7. The molecule has 1 aliphatic carbocycles. The molecule has 1 fully saturated rings. The van der Waals surface area contributed by atoms with Crippen LogP contribution in [0.4, 0.5) is 5.69 Å². The van der Waals surface area contributed by atoms with E-state index in [2.05, 4.69) is 15.6 Å². The van der Waals surface area contributed by atoms with Crippen LogP contribution in [0.15, 0.2) is 48.7 Å². The minimum absolute atomic E-state index is 0.0413. The van der Waals surface area contributed by atoms with Gasteiger partial charge < -0.3 is 10.6 Å². The Bertz CT molecular complexity index is 1040. The fourth-order valence-electron chi connectivity index (χ4n) is 4.09. The lowest BCUT2D eigenvalue weighted by Crippen LogP contribution is -2.40. The molecule has 150 valence electrons. The van der Waals surface area contributed by atoms with Crippen LogP contribution < -0.4 is 10.6 Å². The highest BCUT2D eigenvalue weighted by Crippen LogP contribution is 2.28. The average molecular weight is 408 g/mol. The molecule has 1 heterocycles. The number of rotatable bonds is 4. The summed E-state index contributed by atoms with van der Waals surface area (Å²) >= 11 is 6.09. The van der Waals surface area contributed by atoms with E-state index in [1.54, 1.807) is 0 Å². The van der Waals surface area contributed by atoms with Gasteiger partial charge in [-0.25, -0.2) is 0 Å². The largest absolute Gasteiger partial charge is 0.382 e. The molecule has 0 saturated heterocycles. The van der Waals surface area contributed by atoms with Gasteiger partial charge in [0.15, 0.2) is 0 Å². The summed E-state index contributed by atoms with van der Waals surface area (Å²) in [6.45, 7) is 4.01. The molecule has 3 aromatic rings. The number of carbonyl (C=O) groups excluding carboxylic acids is 1. The van der Waals surface area contributed by atoms with Crippen LogP contribution in [0.2, 0.25) is 5.02 Å². The molecule has 0 atom stereocenters. The van der Waals surface area contributed by atoms with Gasteiger partial charge in [-0.3, -0.25) is 9.78 Å². The van der Waals surface area contributed by atoms with Crippen LogP contribution in [0.5, 0.6) is 0 Å². The summed E-state index contributed by atoms with van der Waals surface area (Å²) in [4.78, 5) is 17.1. The van der Waals surface area contributed by atoms with Gasteiger partial charge in [0.2, 0.25) is 0 Å². The molecule has 0 aliphatic heterocycles. The first-order chi connectivity index (χ1) is 14.0. The van der Waals surface area contributed by atoms with Gasteiger partial charge in [0.25, 0.3) is 5.91 Å². The van der Waals surface area contributed by atoms with Crippen molar-refractivity contribution in [2.75, 3.05) is 5.32 Å². The first-order valence-corrected chi connectivity index (χ1v) is 10.6. The van der Waals surface area contributed by atoms with E-state index in [9.17, 15) is 4.79 Å². The summed E-state index contributed by atoms with van der Waals surface area (Å²) in [6, 6.07) is 14.5. The summed E-state index contributed by atoms with van der Waals surface area (Å²) in [5.41, 5.74) is 4.91. The number of fused-ring (bicyclic) bond motifs is 1. The van der Waals surface area contributed by atoms with Crippen molar-refractivity contribution in [3.05, 3.63) is 70.4 Å². The molecule has 1 saturated carbocycles. The second kappa shape index (κ2) is 8.42. The van der Waals surface area contributed by atoms with Crippen molar-refractivity contribution in [2.45, 2.75) is 51.6 Å². The summed E-state index contributed by atoms with van der Waals surface area (Å²) in [6.07, 6.45) is 5.81. The number of hydrogen-bond acceptors (Lipinski definition) is 3. The number of halogens is 1. The number of carbonyl (C=O) groups is 1. The molecule has 0 unspecified atom stereocenters. The van der Waals surface area contributed by atoms with E-state index < -0.39 is 0 Å². The van der Waals surface area contributed by atoms with Crippen LogP contribution in [0, 0.1) is 13.8 Å². The Hall–Kier alpha value is -2.59. The smallest absolute Gasteiger partial charge is 0.251 e. The topological polar surface area (TPSA) is 54.0 Å². The zero-order chi connectivity index (χ0) is 20.4. The zero-order valence-corrected chi connectivity index (χ0v) is 17.6. The van der Waals surface area contributed by atoms with E-state index >= 15 is 0 Å². The van der Waals surface area contributed by atoms with Crippen molar-refractivity contribution in [1.29, 1.82) is 0 Å². The molecule has 4 rings (SSSR count). The van der Waals surface area contributed by atoms with Gasteiger partial charge in [-0.05, 0) is 75.4 Å². The van der Waals surface area contributed by atoms with Crippen molar-refractivity contribution >= 4 is 34.1 Å². The maximum Gasteiger partial charge on any atom is 0.251 e. The van der Waals surface area contributed by atoms with Crippen LogP contribution in [-0.2, 0) is 0 Å². The molecule has 1 aromatic heterocycles. The second-order valence-electron chi connectivity index (χ2n) is 8.00. The Balaban J connectivity index is 1.36. The van der Waals surface area contributed by atoms with Crippen LogP contribution in [0.3, 0.4) is 0 Å². The van der Waals surface area contributed by atoms with E-state index in [0.717, 1.165) is 59.0 Å². The minimum atomic E-state index is 0.0413. The van der Waals surface area contributed by atoms with E-state index in [0.29, 0.717) is 11.1 Å². The van der Waals surface area contributed by atoms with Gasteiger partial charge >= 0.3 is 0 Å². The van der Waals surface area contributed by atoms with Crippen molar-refractivity contribution < 1.29 is 4.79 Å². The highest BCUT2D eigenvalue weighted by molar-refractivity contribution is 6.31. The highest BCUT2D eigenvalue weighted by Gasteiger charge is 2.23. The Morgan fingerprint density at radius 3 is 2.55 bits per heavy atom. The minimum Gasteiger partial charge on any atom is -0.382 e. The number of anilines is 1. The molecular weight excluding hydrogens is 382 g/mol. The van der Waals surface area contributed by atoms with Gasteiger partial charge in [-0.15, -0.1) is 0 Å². The summed E-state index contributed by atoms with van der Waals surface area (Å²) in [5.74, 6) is 0.0413. The first-order valence-electron chi connectivity index (χ1n) is 10.2. The number of hydrogen-bond donors (Lipinski definition) is 2. The van der Waals surface area contributed by atoms with Gasteiger partial charge in [0.1, 0.15) is 0 Å². The van der Waals surface area contributed by atoms with Crippen LogP contribution in [0.1, 0.15) is 47.2 Å². The molecule has 0 radical (unpaired) electrons. The van der Waals surface area contributed by atoms with Crippen LogP contribution >= 0.6 is 11.6 Å². The quantitative estimate of drug-likeness (QED) is 0.586. The van der Waals surface area contributed by atoms with Gasteiger partial charge in [0, 0.05) is 39.9 Å². The van der Waals surface area contributed by atoms with Gasteiger partial charge in [0.05, 0.1) is 5.52 Å². The lowest BCUT2D eigenvalue weighted by molar-refractivity contribution is 0.0926. The van der Waals surface area contributed by atoms with Crippen LogP contribution in [0.25, 0.3) is 10.9 Å². The normalized spacial score (nSPS) is 19.1. The highest BCUT2D eigenvalue weighted by atomic mass is 35.5. The van der Waals surface area contributed by atoms with Crippen molar-refractivity contribution in [3.63, 3.8) is 0 Å². The number of aromatic nitrogens is 1. The molecule has 5 heteroatoms. The van der Waals surface area contributed by atoms with E-state index in [-0.39, 0.29) is 11.9 Å². The monoisotopic (exact) mass is 407 g/mol. The van der Waals surface area contributed by atoms with E-state index in [1.165, 1.54) is 0 Å². The number of benzene rings is 2. The standard InChI is InChI=1S/C24H26ClN3O/c1-15-3-4-16(2)21(13-15)24(29)28-19-8-6-18(7-9-19)27-22-11-12-26-23-14-17(25)5-10-20(22)23/h3-5,10-14,18-19H,6-9H2,1-2H3,(H,26,27)(H,28,29)/t18-,19+. The Kier molecular flexibility index (Phi) is 5.72. The van der Waals surface area contributed by atoms with Gasteiger partial charge in [-0.1, -0.05) is 29.3 Å². The second-order valence-corrected chi connectivity index (χ2v) is 8.44. The molecule has 4 nitrogen and oxygen atoms in total. The lowest BCUT2D eigenvalue weighted by Gasteiger charge is -2.30. The molecule has 29 heavy (non-hydrogen) atoms. The number of nitrogens with zero attached hydrogens (tertiary/aromatic N) is 1. The average Bonchev–Trinajstić information content (AvgIpc) is 2.71. The lowest BCUT2D eigenvalue weighted by atomic mass is 9.90. The Morgan fingerprint density at radius 1 is 1.00 bits per heavy atom. The fraction of sp³-hybridized carbons (Fsp3) is 0.333. The molecule has 2 N–H and O–H groups in total. The SMILES string of the molecule is Cc1ccc(C)c(C(=O)N[C@H]2CC[C@@H](Nc3ccnc4cc(Cl)ccc34)CC2)c1.